The number of ether oxygens (including phenoxy) is 1. The lowest BCUT2D eigenvalue weighted by Crippen LogP contribution is -2.10. The highest BCUT2D eigenvalue weighted by Crippen LogP contribution is 2.35. The van der Waals surface area contributed by atoms with Crippen molar-refractivity contribution in [2.45, 2.75) is 13.0 Å². The zero-order valence-corrected chi connectivity index (χ0v) is 10.3. The fraction of sp³-hybridized carbons (Fsp3) is 0.300. The number of nitro groups is 1. The maximum atomic E-state index is 11.1. The zero-order valence-electron chi connectivity index (χ0n) is 10.3. The molecule has 2 N–H and O–H groups in total. The van der Waals surface area contributed by atoms with Gasteiger partial charge in [0.25, 0.3) is 0 Å². The number of aromatic nitrogens is 4. The van der Waals surface area contributed by atoms with Gasteiger partial charge in [-0.1, -0.05) is 11.3 Å². The number of anilines is 1. The second-order valence-electron chi connectivity index (χ2n) is 3.75. The van der Waals surface area contributed by atoms with Gasteiger partial charge < -0.3 is 10.1 Å². The molecule has 2 rings (SSSR count). The van der Waals surface area contributed by atoms with E-state index >= 15 is 0 Å². The lowest BCUT2D eigenvalue weighted by atomic mass is 10.2. The molecule has 1 atom stereocenters. The van der Waals surface area contributed by atoms with Gasteiger partial charge in [-0.05, 0) is 19.1 Å². The van der Waals surface area contributed by atoms with Crippen molar-refractivity contribution in [3.05, 3.63) is 34.1 Å². The number of methoxy groups -OCH3 is 1. The molecule has 1 aromatic carbocycles. The highest BCUT2D eigenvalue weighted by molar-refractivity contribution is 5.68. The summed E-state index contributed by atoms with van der Waals surface area (Å²) in [5.41, 5.74) is 0.210. The van der Waals surface area contributed by atoms with E-state index in [0.717, 1.165) is 0 Å². The van der Waals surface area contributed by atoms with Crippen molar-refractivity contribution in [2.24, 2.45) is 0 Å². The third-order valence-electron chi connectivity index (χ3n) is 2.52. The number of H-pyrrole nitrogens is 1. The van der Waals surface area contributed by atoms with Crippen molar-refractivity contribution in [2.75, 3.05) is 12.4 Å². The van der Waals surface area contributed by atoms with Crippen molar-refractivity contribution in [1.29, 1.82) is 0 Å². The van der Waals surface area contributed by atoms with Crippen LogP contribution in [0.15, 0.2) is 18.2 Å². The van der Waals surface area contributed by atoms with Crippen LogP contribution in [0.4, 0.5) is 11.4 Å². The third kappa shape index (κ3) is 2.59. The smallest absolute Gasteiger partial charge is 0.333 e. The first-order chi connectivity index (χ1) is 9.13. The number of tetrazole rings is 1. The van der Waals surface area contributed by atoms with E-state index in [4.69, 9.17) is 4.74 Å². The van der Waals surface area contributed by atoms with Crippen LogP contribution in [0.25, 0.3) is 0 Å². The van der Waals surface area contributed by atoms with Crippen LogP contribution < -0.4 is 10.1 Å². The van der Waals surface area contributed by atoms with Crippen LogP contribution in [0.3, 0.4) is 0 Å². The number of rotatable bonds is 5. The van der Waals surface area contributed by atoms with Crippen molar-refractivity contribution in [3.8, 4) is 5.75 Å². The molecule has 2 aromatic rings. The van der Waals surface area contributed by atoms with E-state index in [0.29, 0.717) is 11.5 Å². The molecule has 9 nitrogen and oxygen atoms in total. The Morgan fingerprint density at radius 1 is 1.53 bits per heavy atom. The largest absolute Gasteiger partial charge is 0.490 e. The second kappa shape index (κ2) is 5.29. The highest BCUT2D eigenvalue weighted by Gasteiger charge is 2.22. The van der Waals surface area contributed by atoms with Crippen LogP contribution in [-0.4, -0.2) is 32.7 Å². The fourth-order valence-corrected chi connectivity index (χ4v) is 1.64. The van der Waals surface area contributed by atoms with E-state index in [-0.39, 0.29) is 17.5 Å². The van der Waals surface area contributed by atoms with E-state index in [1.165, 1.54) is 13.2 Å². The molecule has 1 unspecified atom stereocenters. The normalized spacial score (nSPS) is 11.9. The summed E-state index contributed by atoms with van der Waals surface area (Å²) in [5.74, 6) is 0.604. The average molecular weight is 264 g/mol. The number of nitro benzene ring substituents is 1. The first-order valence-corrected chi connectivity index (χ1v) is 5.44. The second-order valence-corrected chi connectivity index (χ2v) is 3.75. The third-order valence-corrected chi connectivity index (χ3v) is 2.52. The van der Waals surface area contributed by atoms with Crippen LogP contribution in [0.2, 0.25) is 0 Å². The Morgan fingerprint density at radius 3 is 2.89 bits per heavy atom. The fourth-order valence-electron chi connectivity index (χ4n) is 1.64. The summed E-state index contributed by atoms with van der Waals surface area (Å²) in [6.45, 7) is 1.77. The minimum absolute atomic E-state index is 0.125. The molecule has 0 amide bonds. The number of benzene rings is 1. The molecule has 0 aliphatic rings. The molecule has 0 radical (unpaired) electrons. The monoisotopic (exact) mass is 264 g/mol. The lowest BCUT2D eigenvalue weighted by Gasteiger charge is -2.12. The maximum absolute atomic E-state index is 11.1. The Morgan fingerprint density at radius 2 is 2.32 bits per heavy atom. The molecule has 0 aliphatic carbocycles. The van der Waals surface area contributed by atoms with Gasteiger partial charge in [0.2, 0.25) is 0 Å². The van der Waals surface area contributed by atoms with Gasteiger partial charge in [0.1, 0.15) is 5.69 Å². The van der Waals surface area contributed by atoms with E-state index in [1.807, 2.05) is 0 Å². The SMILES string of the molecule is COc1cccc(NC(C)c2nn[nH]n2)c1[N+](=O)[O-]. The molecule has 0 spiro atoms. The molecule has 0 aliphatic heterocycles. The minimum Gasteiger partial charge on any atom is -0.490 e. The number of hydrogen-bond donors (Lipinski definition) is 2. The summed E-state index contributed by atoms with van der Waals surface area (Å²) >= 11 is 0. The van der Waals surface area contributed by atoms with E-state index in [9.17, 15) is 10.1 Å². The average Bonchev–Trinajstić information content (AvgIpc) is 2.92. The Kier molecular flexibility index (Phi) is 3.55. The predicted molar refractivity (Wildman–Crippen MR) is 65.9 cm³/mol. The van der Waals surface area contributed by atoms with Crippen LogP contribution in [0.1, 0.15) is 18.8 Å². The van der Waals surface area contributed by atoms with Gasteiger partial charge in [-0.15, -0.1) is 10.2 Å². The first-order valence-electron chi connectivity index (χ1n) is 5.44. The number of nitrogens with one attached hydrogen (secondary N) is 2. The van der Waals surface area contributed by atoms with Crippen LogP contribution in [-0.2, 0) is 0 Å². The Bertz CT molecular complexity index is 571. The molecule has 0 bridgehead atoms. The molecule has 0 fully saturated rings. The first kappa shape index (κ1) is 12.7. The van der Waals surface area contributed by atoms with Gasteiger partial charge in [-0.2, -0.15) is 5.21 Å². The number of aromatic amines is 1. The molecule has 100 valence electrons. The summed E-state index contributed by atoms with van der Waals surface area (Å²) in [6, 6.07) is 4.46. The Labute approximate surface area is 108 Å². The number of para-hydroxylation sites is 1. The van der Waals surface area contributed by atoms with Crippen molar-refractivity contribution < 1.29 is 9.66 Å². The van der Waals surface area contributed by atoms with Gasteiger partial charge in [-0.3, -0.25) is 10.1 Å². The summed E-state index contributed by atoms with van der Waals surface area (Å²) < 4.78 is 4.99. The molecule has 1 heterocycles. The molecular formula is C10H12N6O3. The quantitative estimate of drug-likeness (QED) is 0.616. The number of hydrogen-bond acceptors (Lipinski definition) is 7. The highest BCUT2D eigenvalue weighted by atomic mass is 16.6. The molecule has 9 heteroatoms. The van der Waals surface area contributed by atoms with Crippen molar-refractivity contribution in [3.63, 3.8) is 0 Å². The lowest BCUT2D eigenvalue weighted by molar-refractivity contribution is -0.384. The molecule has 1 aromatic heterocycles. The molecule has 0 saturated carbocycles. The van der Waals surface area contributed by atoms with Crippen LogP contribution in [0.5, 0.6) is 5.75 Å². The number of nitrogens with zero attached hydrogens (tertiary/aromatic N) is 4. The molecular weight excluding hydrogens is 252 g/mol. The summed E-state index contributed by atoms with van der Waals surface area (Å²) in [4.78, 5) is 10.6. The zero-order chi connectivity index (χ0) is 13.8. The van der Waals surface area contributed by atoms with Gasteiger partial charge in [-0.25, -0.2) is 0 Å². The Hall–Kier alpha value is -2.71. The molecule has 19 heavy (non-hydrogen) atoms. The van der Waals surface area contributed by atoms with Crippen molar-refractivity contribution >= 4 is 11.4 Å². The van der Waals surface area contributed by atoms with Crippen LogP contribution >= 0.6 is 0 Å². The standard InChI is InChI=1S/C10H12N6O3/c1-6(10-12-14-15-13-10)11-7-4-3-5-8(19-2)9(7)16(17)18/h3-6,11H,1-2H3,(H,12,13,14,15). The van der Waals surface area contributed by atoms with E-state index in [1.54, 1.807) is 19.1 Å². The van der Waals surface area contributed by atoms with Gasteiger partial charge in [0.05, 0.1) is 18.1 Å². The van der Waals surface area contributed by atoms with Gasteiger partial charge in [0.15, 0.2) is 11.6 Å². The Balaban J connectivity index is 2.32. The van der Waals surface area contributed by atoms with E-state index < -0.39 is 4.92 Å². The summed E-state index contributed by atoms with van der Waals surface area (Å²) in [6.07, 6.45) is 0. The van der Waals surface area contributed by atoms with Crippen molar-refractivity contribution in [1.82, 2.24) is 20.6 Å². The maximum Gasteiger partial charge on any atom is 0.333 e. The topological polar surface area (TPSA) is 119 Å². The van der Waals surface area contributed by atoms with E-state index in [2.05, 4.69) is 25.9 Å². The minimum atomic E-state index is -0.496. The van der Waals surface area contributed by atoms with Gasteiger partial charge >= 0.3 is 5.69 Å². The molecule has 0 saturated heterocycles. The predicted octanol–water partition coefficient (Wildman–Crippen LogP) is 1.29. The summed E-state index contributed by atoms with van der Waals surface area (Å²) in [5, 5.41) is 27.5. The van der Waals surface area contributed by atoms with Crippen LogP contribution in [0, 0.1) is 10.1 Å². The summed E-state index contributed by atoms with van der Waals surface area (Å²) in [7, 11) is 1.38. The van der Waals surface area contributed by atoms with Gasteiger partial charge in [0, 0.05) is 0 Å².